The number of carbonyl (C=O) groups is 2. The second-order valence-electron chi connectivity index (χ2n) is 6.02. The van der Waals surface area contributed by atoms with Crippen molar-refractivity contribution in [2.45, 2.75) is 6.54 Å². The van der Waals surface area contributed by atoms with Crippen LogP contribution in [0.3, 0.4) is 0 Å². The Kier molecular flexibility index (Phi) is 5.35. The van der Waals surface area contributed by atoms with Crippen molar-refractivity contribution in [3.63, 3.8) is 0 Å². The van der Waals surface area contributed by atoms with Crippen LogP contribution in [-0.2, 0) is 11.3 Å². The van der Waals surface area contributed by atoms with Crippen LogP contribution >= 0.6 is 0 Å². The molecule has 1 amide bonds. The van der Waals surface area contributed by atoms with Crippen molar-refractivity contribution in [2.24, 2.45) is 0 Å². The lowest BCUT2D eigenvalue weighted by molar-refractivity contribution is 0.0600. The molecule has 0 atom stereocenters. The summed E-state index contributed by atoms with van der Waals surface area (Å²) < 4.78 is 23.3. The normalized spacial score (nSPS) is 10.5. The van der Waals surface area contributed by atoms with E-state index in [1.165, 1.54) is 24.1 Å². The zero-order valence-electron chi connectivity index (χ0n) is 14.9. The Morgan fingerprint density at radius 3 is 2.30 bits per heavy atom. The van der Waals surface area contributed by atoms with Crippen LogP contribution in [0.15, 0.2) is 65.1 Å². The Balaban J connectivity index is 1.68. The van der Waals surface area contributed by atoms with E-state index in [4.69, 9.17) is 4.42 Å². The number of hydrogen-bond acceptors (Lipinski definition) is 4. The van der Waals surface area contributed by atoms with E-state index in [1.54, 1.807) is 55.6 Å². The van der Waals surface area contributed by atoms with Gasteiger partial charge in [-0.1, -0.05) is 12.1 Å². The van der Waals surface area contributed by atoms with E-state index >= 15 is 0 Å². The van der Waals surface area contributed by atoms with Gasteiger partial charge in [0.2, 0.25) is 0 Å². The largest absolute Gasteiger partial charge is 0.465 e. The molecule has 0 aliphatic rings. The molecule has 1 heterocycles. The van der Waals surface area contributed by atoms with E-state index in [1.807, 2.05) is 0 Å². The van der Waals surface area contributed by atoms with Crippen molar-refractivity contribution in [2.75, 3.05) is 14.2 Å². The molecule has 138 valence electrons. The SMILES string of the molecule is COC(=O)c1ccc(CN(C)C(=O)c2ccc(-c3ccc(F)cc3)o2)cc1. The van der Waals surface area contributed by atoms with E-state index < -0.39 is 5.97 Å². The highest BCUT2D eigenvalue weighted by Crippen LogP contribution is 2.23. The molecular formula is C21H18FNO4. The highest BCUT2D eigenvalue weighted by atomic mass is 19.1. The Labute approximate surface area is 156 Å². The average molecular weight is 367 g/mol. The third-order valence-corrected chi connectivity index (χ3v) is 4.09. The van der Waals surface area contributed by atoms with Gasteiger partial charge in [-0.25, -0.2) is 9.18 Å². The van der Waals surface area contributed by atoms with E-state index in [0.29, 0.717) is 23.4 Å². The van der Waals surface area contributed by atoms with Crippen molar-refractivity contribution < 1.29 is 23.1 Å². The molecule has 0 unspecified atom stereocenters. The summed E-state index contributed by atoms with van der Waals surface area (Å²) in [6.07, 6.45) is 0. The highest BCUT2D eigenvalue weighted by Gasteiger charge is 2.17. The molecule has 0 fully saturated rings. The summed E-state index contributed by atoms with van der Waals surface area (Å²) in [6, 6.07) is 16.0. The van der Waals surface area contributed by atoms with E-state index in [-0.39, 0.29) is 17.5 Å². The Morgan fingerprint density at radius 2 is 1.67 bits per heavy atom. The number of halogens is 1. The Hall–Kier alpha value is -3.41. The molecule has 5 nitrogen and oxygen atoms in total. The van der Waals surface area contributed by atoms with Gasteiger partial charge >= 0.3 is 5.97 Å². The monoisotopic (exact) mass is 367 g/mol. The van der Waals surface area contributed by atoms with Gasteiger partial charge in [-0.05, 0) is 54.1 Å². The predicted molar refractivity (Wildman–Crippen MR) is 97.7 cm³/mol. The number of rotatable bonds is 5. The van der Waals surface area contributed by atoms with Gasteiger partial charge in [0.05, 0.1) is 12.7 Å². The molecule has 3 aromatic rings. The van der Waals surface area contributed by atoms with Crippen LogP contribution in [-0.4, -0.2) is 30.9 Å². The molecule has 0 bridgehead atoms. The summed E-state index contributed by atoms with van der Waals surface area (Å²) in [5, 5.41) is 0. The fourth-order valence-corrected chi connectivity index (χ4v) is 2.62. The number of methoxy groups -OCH3 is 1. The molecule has 3 rings (SSSR count). The highest BCUT2D eigenvalue weighted by molar-refractivity contribution is 5.92. The minimum Gasteiger partial charge on any atom is -0.465 e. The van der Waals surface area contributed by atoms with Crippen molar-refractivity contribution >= 4 is 11.9 Å². The molecule has 0 N–H and O–H groups in total. The predicted octanol–water partition coefficient (Wildman–Crippen LogP) is 4.14. The maximum Gasteiger partial charge on any atom is 0.337 e. The summed E-state index contributed by atoms with van der Waals surface area (Å²) in [4.78, 5) is 25.5. The molecule has 0 spiro atoms. The molecule has 27 heavy (non-hydrogen) atoms. The van der Waals surface area contributed by atoms with Crippen molar-refractivity contribution in [3.8, 4) is 11.3 Å². The first-order chi connectivity index (χ1) is 13.0. The van der Waals surface area contributed by atoms with Crippen molar-refractivity contribution in [1.29, 1.82) is 0 Å². The Bertz CT molecular complexity index is 945. The molecule has 1 aromatic heterocycles. The zero-order chi connectivity index (χ0) is 19.4. The third-order valence-electron chi connectivity index (χ3n) is 4.09. The Morgan fingerprint density at radius 1 is 1.00 bits per heavy atom. The summed E-state index contributed by atoms with van der Waals surface area (Å²) in [5.41, 5.74) is 2.01. The minimum absolute atomic E-state index is 0.197. The quantitative estimate of drug-likeness (QED) is 0.636. The van der Waals surface area contributed by atoms with Crippen LogP contribution in [0.5, 0.6) is 0 Å². The van der Waals surface area contributed by atoms with Gasteiger partial charge in [-0.3, -0.25) is 4.79 Å². The first-order valence-corrected chi connectivity index (χ1v) is 8.26. The molecule has 2 aromatic carbocycles. The van der Waals surface area contributed by atoms with E-state index in [0.717, 1.165) is 5.56 Å². The summed E-state index contributed by atoms with van der Waals surface area (Å²) in [7, 11) is 2.99. The minimum atomic E-state index is -0.408. The fraction of sp³-hybridized carbons (Fsp3) is 0.143. The molecule has 0 radical (unpaired) electrons. The summed E-state index contributed by atoms with van der Waals surface area (Å²) in [5.74, 6) is -0.327. The van der Waals surface area contributed by atoms with Gasteiger partial charge < -0.3 is 14.1 Å². The van der Waals surface area contributed by atoms with E-state index in [9.17, 15) is 14.0 Å². The molecule has 6 heteroatoms. The standard InChI is InChI=1S/C21H18FNO4/c1-23(13-14-3-5-16(6-4-14)21(25)26-2)20(24)19-12-11-18(27-19)15-7-9-17(22)10-8-15/h3-12H,13H2,1-2H3. The van der Waals surface area contributed by atoms with Gasteiger partial charge in [0, 0.05) is 19.2 Å². The van der Waals surface area contributed by atoms with Gasteiger partial charge in [0.1, 0.15) is 11.6 Å². The van der Waals surface area contributed by atoms with Crippen LogP contribution in [0.2, 0.25) is 0 Å². The fourth-order valence-electron chi connectivity index (χ4n) is 2.62. The number of furan rings is 1. The number of benzene rings is 2. The van der Waals surface area contributed by atoms with E-state index in [2.05, 4.69) is 4.74 Å². The van der Waals surface area contributed by atoms with Gasteiger partial charge in [0.25, 0.3) is 5.91 Å². The first-order valence-electron chi connectivity index (χ1n) is 8.26. The zero-order valence-corrected chi connectivity index (χ0v) is 14.9. The molecule has 0 saturated heterocycles. The van der Waals surface area contributed by atoms with Crippen molar-refractivity contribution in [3.05, 3.63) is 83.4 Å². The number of amides is 1. The lowest BCUT2D eigenvalue weighted by atomic mass is 10.1. The number of ether oxygens (including phenoxy) is 1. The lowest BCUT2D eigenvalue weighted by Gasteiger charge is -2.16. The van der Waals surface area contributed by atoms with Gasteiger partial charge in [0.15, 0.2) is 5.76 Å². The third kappa shape index (κ3) is 4.23. The second kappa shape index (κ2) is 7.86. The lowest BCUT2D eigenvalue weighted by Crippen LogP contribution is -2.25. The number of carbonyl (C=O) groups excluding carboxylic acids is 2. The first kappa shape index (κ1) is 18.4. The molecule has 0 aliphatic carbocycles. The van der Waals surface area contributed by atoms with Crippen LogP contribution in [0, 0.1) is 5.82 Å². The molecule has 0 aliphatic heterocycles. The maximum atomic E-state index is 13.0. The molecule has 0 saturated carbocycles. The molecular weight excluding hydrogens is 349 g/mol. The maximum absolute atomic E-state index is 13.0. The van der Waals surface area contributed by atoms with Crippen LogP contribution in [0.4, 0.5) is 4.39 Å². The van der Waals surface area contributed by atoms with Crippen molar-refractivity contribution in [1.82, 2.24) is 4.90 Å². The smallest absolute Gasteiger partial charge is 0.337 e. The van der Waals surface area contributed by atoms with Gasteiger partial charge in [-0.15, -0.1) is 0 Å². The number of hydrogen-bond donors (Lipinski definition) is 0. The number of esters is 1. The van der Waals surface area contributed by atoms with Crippen LogP contribution < -0.4 is 0 Å². The summed E-state index contributed by atoms with van der Waals surface area (Å²) >= 11 is 0. The van der Waals surface area contributed by atoms with Gasteiger partial charge in [-0.2, -0.15) is 0 Å². The van der Waals surface area contributed by atoms with Crippen LogP contribution in [0.1, 0.15) is 26.5 Å². The topological polar surface area (TPSA) is 59.8 Å². The average Bonchev–Trinajstić information content (AvgIpc) is 3.18. The second-order valence-corrected chi connectivity index (χ2v) is 6.02. The number of nitrogens with zero attached hydrogens (tertiary/aromatic N) is 1. The summed E-state index contributed by atoms with van der Waals surface area (Å²) in [6.45, 7) is 0.354. The van der Waals surface area contributed by atoms with Crippen LogP contribution in [0.25, 0.3) is 11.3 Å².